The molecule has 0 saturated heterocycles. The van der Waals surface area contributed by atoms with Crippen LogP contribution in [0.1, 0.15) is 18.6 Å². The van der Waals surface area contributed by atoms with E-state index in [4.69, 9.17) is 37.1 Å². The van der Waals surface area contributed by atoms with Crippen molar-refractivity contribution in [3.8, 4) is 5.75 Å². The first-order valence-electron chi connectivity index (χ1n) is 7.60. The molecule has 2 rings (SSSR count). The Morgan fingerprint density at radius 1 is 1.17 bits per heavy atom. The van der Waals surface area contributed by atoms with E-state index in [0.717, 1.165) is 12.2 Å². The standard InChI is InChI=1S/C17H19Cl2NO4/c18-15-5-4-13(11-16(15)19)24-10-6-17(21)20-7-2-8-22-12-14-3-1-9-23-14/h1,3-5,9,11H,2,6-8,10,12H2,(H,20,21). The smallest absolute Gasteiger partial charge is 0.223 e. The van der Waals surface area contributed by atoms with Gasteiger partial charge in [0.2, 0.25) is 5.91 Å². The predicted octanol–water partition coefficient (Wildman–Crippen LogP) is 4.08. The molecule has 1 N–H and O–H groups in total. The summed E-state index contributed by atoms with van der Waals surface area (Å²) in [6, 6.07) is 8.66. The lowest BCUT2D eigenvalue weighted by atomic mass is 10.3. The number of benzene rings is 1. The van der Waals surface area contributed by atoms with Crippen molar-refractivity contribution in [3.05, 3.63) is 52.4 Å². The van der Waals surface area contributed by atoms with Crippen molar-refractivity contribution in [2.24, 2.45) is 0 Å². The molecule has 7 heteroatoms. The summed E-state index contributed by atoms with van der Waals surface area (Å²) in [6.45, 7) is 1.84. The number of carbonyl (C=O) groups is 1. The Morgan fingerprint density at radius 2 is 2.04 bits per heavy atom. The molecule has 0 aliphatic heterocycles. The third-order valence-corrected chi connectivity index (χ3v) is 3.84. The van der Waals surface area contributed by atoms with Crippen LogP contribution in [0.2, 0.25) is 10.0 Å². The third kappa shape index (κ3) is 6.83. The maximum Gasteiger partial charge on any atom is 0.223 e. The lowest BCUT2D eigenvalue weighted by Crippen LogP contribution is -2.26. The Kier molecular flexibility index (Phi) is 7.95. The first-order chi connectivity index (χ1) is 11.6. The minimum atomic E-state index is -0.0684. The summed E-state index contributed by atoms with van der Waals surface area (Å²) in [4.78, 5) is 11.7. The fourth-order valence-corrected chi connectivity index (χ4v) is 2.17. The average Bonchev–Trinajstić information content (AvgIpc) is 3.07. The van der Waals surface area contributed by atoms with Gasteiger partial charge in [-0.2, -0.15) is 0 Å². The number of rotatable bonds is 10. The fourth-order valence-electron chi connectivity index (χ4n) is 1.89. The van der Waals surface area contributed by atoms with Crippen molar-refractivity contribution in [1.29, 1.82) is 0 Å². The van der Waals surface area contributed by atoms with Crippen molar-refractivity contribution in [1.82, 2.24) is 5.32 Å². The highest BCUT2D eigenvalue weighted by Gasteiger charge is 2.04. The van der Waals surface area contributed by atoms with E-state index in [1.807, 2.05) is 12.1 Å². The van der Waals surface area contributed by atoms with Crippen molar-refractivity contribution < 1.29 is 18.7 Å². The quantitative estimate of drug-likeness (QED) is 0.639. The maximum absolute atomic E-state index is 11.7. The van der Waals surface area contributed by atoms with Crippen LogP contribution < -0.4 is 10.1 Å². The molecule has 5 nitrogen and oxygen atoms in total. The monoisotopic (exact) mass is 371 g/mol. The summed E-state index contributed by atoms with van der Waals surface area (Å²) < 4.78 is 16.0. The molecular formula is C17H19Cl2NO4. The van der Waals surface area contributed by atoms with Crippen LogP contribution in [-0.2, 0) is 16.1 Å². The molecule has 1 aromatic heterocycles. The first kappa shape index (κ1) is 18.6. The van der Waals surface area contributed by atoms with E-state index in [1.165, 1.54) is 0 Å². The van der Waals surface area contributed by atoms with Crippen molar-refractivity contribution in [2.75, 3.05) is 19.8 Å². The van der Waals surface area contributed by atoms with E-state index in [0.29, 0.717) is 35.6 Å². The second kappa shape index (κ2) is 10.2. The first-order valence-corrected chi connectivity index (χ1v) is 8.35. The zero-order chi connectivity index (χ0) is 17.2. The van der Waals surface area contributed by atoms with Gasteiger partial charge in [0.25, 0.3) is 0 Å². The van der Waals surface area contributed by atoms with Crippen LogP contribution in [0.15, 0.2) is 41.0 Å². The maximum atomic E-state index is 11.7. The topological polar surface area (TPSA) is 60.7 Å². The molecule has 2 aromatic rings. The van der Waals surface area contributed by atoms with Gasteiger partial charge >= 0.3 is 0 Å². The Balaban J connectivity index is 1.49. The molecule has 0 atom stereocenters. The van der Waals surface area contributed by atoms with Crippen LogP contribution in [0.4, 0.5) is 0 Å². The number of hydrogen-bond acceptors (Lipinski definition) is 4. The van der Waals surface area contributed by atoms with Gasteiger partial charge in [0, 0.05) is 19.2 Å². The Bertz CT molecular complexity index is 632. The zero-order valence-corrected chi connectivity index (χ0v) is 14.6. The highest BCUT2D eigenvalue weighted by molar-refractivity contribution is 6.42. The number of ether oxygens (including phenoxy) is 2. The third-order valence-electron chi connectivity index (χ3n) is 3.10. The van der Waals surface area contributed by atoms with E-state index < -0.39 is 0 Å². The van der Waals surface area contributed by atoms with Gasteiger partial charge in [-0.15, -0.1) is 0 Å². The summed E-state index contributed by atoms with van der Waals surface area (Å²) in [5.41, 5.74) is 0. The molecule has 0 bridgehead atoms. The summed E-state index contributed by atoms with van der Waals surface area (Å²) >= 11 is 11.7. The normalized spacial score (nSPS) is 10.6. The molecule has 0 radical (unpaired) electrons. The lowest BCUT2D eigenvalue weighted by Gasteiger charge is -2.08. The van der Waals surface area contributed by atoms with Gasteiger partial charge in [-0.3, -0.25) is 4.79 Å². The summed E-state index contributed by atoms with van der Waals surface area (Å²) in [7, 11) is 0. The fraction of sp³-hybridized carbons (Fsp3) is 0.353. The molecule has 1 heterocycles. The minimum absolute atomic E-state index is 0.0684. The number of hydrogen-bond donors (Lipinski definition) is 1. The Hall–Kier alpha value is -1.69. The number of carbonyl (C=O) groups excluding carboxylic acids is 1. The van der Waals surface area contributed by atoms with E-state index in [-0.39, 0.29) is 18.9 Å². The molecule has 24 heavy (non-hydrogen) atoms. The number of furan rings is 1. The van der Waals surface area contributed by atoms with Gasteiger partial charge in [-0.1, -0.05) is 23.2 Å². The molecule has 0 saturated carbocycles. The highest BCUT2D eigenvalue weighted by Crippen LogP contribution is 2.26. The van der Waals surface area contributed by atoms with Gasteiger partial charge in [0.15, 0.2) is 0 Å². The molecule has 0 fully saturated rings. The van der Waals surface area contributed by atoms with E-state index in [2.05, 4.69) is 5.32 Å². The Morgan fingerprint density at radius 3 is 2.79 bits per heavy atom. The van der Waals surface area contributed by atoms with Crippen LogP contribution >= 0.6 is 23.2 Å². The minimum Gasteiger partial charge on any atom is -0.493 e. The highest BCUT2D eigenvalue weighted by atomic mass is 35.5. The Labute approximate surface area is 150 Å². The molecule has 0 aliphatic carbocycles. The average molecular weight is 372 g/mol. The largest absolute Gasteiger partial charge is 0.493 e. The zero-order valence-electron chi connectivity index (χ0n) is 13.1. The summed E-state index contributed by atoms with van der Waals surface area (Å²) in [5, 5.41) is 3.71. The molecular weight excluding hydrogens is 353 g/mol. The van der Waals surface area contributed by atoms with Gasteiger partial charge in [-0.05, 0) is 30.7 Å². The number of amides is 1. The van der Waals surface area contributed by atoms with Crippen molar-refractivity contribution in [3.63, 3.8) is 0 Å². The van der Waals surface area contributed by atoms with E-state index >= 15 is 0 Å². The second-order valence-corrected chi connectivity index (χ2v) is 5.82. The molecule has 130 valence electrons. The van der Waals surface area contributed by atoms with Crippen LogP contribution in [0.5, 0.6) is 5.75 Å². The van der Waals surface area contributed by atoms with E-state index in [9.17, 15) is 4.79 Å². The van der Waals surface area contributed by atoms with Gasteiger partial charge in [0.05, 0.1) is 29.3 Å². The molecule has 1 amide bonds. The van der Waals surface area contributed by atoms with Gasteiger partial charge < -0.3 is 19.2 Å². The van der Waals surface area contributed by atoms with Crippen LogP contribution in [-0.4, -0.2) is 25.7 Å². The lowest BCUT2D eigenvalue weighted by molar-refractivity contribution is -0.121. The molecule has 1 aromatic carbocycles. The van der Waals surface area contributed by atoms with Gasteiger partial charge in [-0.25, -0.2) is 0 Å². The number of nitrogens with one attached hydrogen (secondary N) is 1. The summed E-state index contributed by atoms with van der Waals surface area (Å²) in [6.07, 6.45) is 2.62. The molecule has 0 spiro atoms. The van der Waals surface area contributed by atoms with Crippen LogP contribution in [0, 0.1) is 0 Å². The summed E-state index contributed by atoms with van der Waals surface area (Å²) in [5.74, 6) is 1.31. The second-order valence-electron chi connectivity index (χ2n) is 5.01. The molecule has 0 aliphatic rings. The van der Waals surface area contributed by atoms with Gasteiger partial charge in [0.1, 0.15) is 18.1 Å². The van der Waals surface area contributed by atoms with Crippen LogP contribution in [0.25, 0.3) is 0 Å². The number of halogens is 2. The SMILES string of the molecule is O=C(CCOc1ccc(Cl)c(Cl)c1)NCCCOCc1ccco1. The predicted molar refractivity (Wildman–Crippen MR) is 92.6 cm³/mol. The molecule has 0 unspecified atom stereocenters. The van der Waals surface area contributed by atoms with E-state index in [1.54, 1.807) is 24.5 Å². The van der Waals surface area contributed by atoms with Crippen LogP contribution in [0.3, 0.4) is 0 Å². The van der Waals surface area contributed by atoms with Crippen molar-refractivity contribution in [2.45, 2.75) is 19.4 Å². The van der Waals surface area contributed by atoms with Crippen molar-refractivity contribution >= 4 is 29.1 Å².